The normalized spacial score (nSPS) is 16.4. The first kappa shape index (κ1) is 16.4. The topological polar surface area (TPSA) is 71.7 Å². The lowest BCUT2D eigenvalue weighted by Gasteiger charge is -2.34. The van der Waals surface area contributed by atoms with Gasteiger partial charge in [0.2, 0.25) is 0 Å². The van der Waals surface area contributed by atoms with E-state index in [1.54, 1.807) is 0 Å². The van der Waals surface area contributed by atoms with Crippen molar-refractivity contribution in [2.45, 2.75) is 13.3 Å². The van der Waals surface area contributed by atoms with Crippen molar-refractivity contribution >= 4 is 17.2 Å². The van der Waals surface area contributed by atoms with E-state index in [0.717, 1.165) is 57.4 Å². The molecule has 1 saturated heterocycles. The third kappa shape index (κ3) is 4.74. The van der Waals surface area contributed by atoms with Crippen molar-refractivity contribution in [1.82, 2.24) is 14.8 Å². The van der Waals surface area contributed by atoms with E-state index >= 15 is 0 Å². The van der Waals surface area contributed by atoms with Gasteiger partial charge in [-0.05, 0) is 13.5 Å². The van der Waals surface area contributed by atoms with E-state index in [1.807, 2.05) is 17.2 Å². The molecule has 118 valence electrons. The first-order chi connectivity index (χ1) is 10.2. The van der Waals surface area contributed by atoms with Crippen LogP contribution in [-0.4, -0.2) is 73.2 Å². The van der Waals surface area contributed by atoms with Gasteiger partial charge in [0.05, 0.1) is 11.6 Å². The molecule has 1 aromatic rings. The molecular weight excluding hydrogens is 288 g/mol. The Morgan fingerprint density at radius 2 is 2.19 bits per heavy atom. The van der Waals surface area contributed by atoms with Crippen LogP contribution in [0.2, 0.25) is 0 Å². The maximum Gasteiger partial charge on any atom is 0.273 e. The summed E-state index contributed by atoms with van der Waals surface area (Å²) < 4.78 is 5.36. The van der Waals surface area contributed by atoms with Gasteiger partial charge in [0.25, 0.3) is 5.91 Å². The molecular formula is C14H24N4O2S. The monoisotopic (exact) mass is 312 g/mol. The number of ether oxygens (including phenoxy) is 1. The number of piperazine rings is 1. The Bertz CT molecular complexity index is 444. The van der Waals surface area contributed by atoms with Crippen LogP contribution < -0.4 is 5.73 Å². The van der Waals surface area contributed by atoms with E-state index in [2.05, 4.69) is 9.88 Å². The van der Waals surface area contributed by atoms with Gasteiger partial charge in [-0.3, -0.25) is 9.69 Å². The number of amides is 1. The zero-order valence-electron chi connectivity index (χ0n) is 12.6. The van der Waals surface area contributed by atoms with Gasteiger partial charge in [0.1, 0.15) is 5.69 Å². The van der Waals surface area contributed by atoms with Gasteiger partial charge >= 0.3 is 0 Å². The van der Waals surface area contributed by atoms with Gasteiger partial charge in [0, 0.05) is 51.1 Å². The molecule has 2 N–H and O–H groups in total. The molecule has 1 aromatic heterocycles. The molecule has 2 heterocycles. The van der Waals surface area contributed by atoms with E-state index in [4.69, 9.17) is 10.5 Å². The van der Waals surface area contributed by atoms with E-state index in [9.17, 15) is 4.79 Å². The number of carbonyl (C=O) groups is 1. The summed E-state index contributed by atoms with van der Waals surface area (Å²) in [6.45, 7) is 8.35. The van der Waals surface area contributed by atoms with E-state index < -0.39 is 0 Å². The molecule has 0 saturated carbocycles. The van der Waals surface area contributed by atoms with Crippen molar-refractivity contribution in [1.29, 1.82) is 0 Å². The van der Waals surface area contributed by atoms with Gasteiger partial charge in [0.15, 0.2) is 0 Å². The third-order valence-corrected chi connectivity index (χ3v) is 4.45. The van der Waals surface area contributed by atoms with Crippen LogP contribution in [0.15, 0.2) is 5.38 Å². The quantitative estimate of drug-likeness (QED) is 0.740. The summed E-state index contributed by atoms with van der Waals surface area (Å²) in [5, 5.41) is 2.78. The summed E-state index contributed by atoms with van der Waals surface area (Å²) in [7, 11) is 0. The summed E-state index contributed by atoms with van der Waals surface area (Å²) in [6, 6.07) is 0. The number of carbonyl (C=O) groups excluding carboxylic acids is 1. The zero-order valence-corrected chi connectivity index (χ0v) is 13.4. The van der Waals surface area contributed by atoms with Gasteiger partial charge in [-0.2, -0.15) is 0 Å². The molecule has 21 heavy (non-hydrogen) atoms. The third-order valence-electron chi connectivity index (χ3n) is 3.54. The van der Waals surface area contributed by atoms with Crippen molar-refractivity contribution in [3.05, 3.63) is 16.1 Å². The fourth-order valence-corrected chi connectivity index (χ4v) is 3.11. The summed E-state index contributed by atoms with van der Waals surface area (Å²) in [4.78, 5) is 21.0. The molecule has 0 atom stereocenters. The first-order valence-electron chi connectivity index (χ1n) is 7.48. The largest absolute Gasteiger partial charge is 0.380 e. The summed E-state index contributed by atoms with van der Waals surface area (Å²) in [6.07, 6.45) is 0.739. The highest BCUT2D eigenvalue weighted by Gasteiger charge is 2.23. The highest BCUT2D eigenvalue weighted by Crippen LogP contribution is 2.13. The van der Waals surface area contributed by atoms with Crippen molar-refractivity contribution < 1.29 is 9.53 Å². The number of nitrogens with zero attached hydrogens (tertiary/aromatic N) is 3. The molecule has 0 unspecified atom stereocenters. The SMILES string of the molecule is CCOCCN1CCN(C(=O)c2csc(CCN)n2)CC1. The Labute approximate surface area is 129 Å². The smallest absolute Gasteiger partial charge is 0.273 e. The number of nitrogens with two attached hydrogens (primary N) is 1. The molecule has 0 bridgehead atoms. The minimum atomic E-state index is 0.0407. The standard InChI is InChI=1S/C14H24N4O2S/c1-2-20-10-9-17-5-7-18(8-6-17)14(19)12-11-21-13(16-12)3-4-15/h11H,2-10,15H2,1H3. The molecule has 1 amide bonds. The van der Waals surface area contributed by atoms with Crippen molar-refractivity contribution in [2.24, 2.45) is 5.73 Å². The zero-order chi connectivity index (χ0) is 15.1. The molecule has 7 heteroatoms. The minimum Gasteiger partial charge on any atom is -0.380 e. The second kappa shape index (κ2) is 8.43. The van der Waals surface area contributed by atoms with Crippen molar-refractivity contribution in [3.8, 4) is 0 Å². The molecule has 0 aliphatic carbocycles. The fourth-order valence-electron chi connectivity index (χ4n) is 2.32. The highest BCUT2D eigenvalue weighted by molar-refractivity contribution is 7.09. The Morgan fingerprint density at radius 1 is 1.43 bits per heavy atom. The predicted molar refractivity (Wildman–Crippen MR) is 83.7 cm³/mol. The number of aromatic nitrogens is 1. The van der Waals surface area contributed by atoms with E-state index in [1.165, 1.54) is 11.3 Å². The van der Waals surface area contributed by atoms with Crippen LogP contribution in [0.5, 0.6) is 0 Å². The number of rotatable bonds is 7. The Hall–Kier alpha value is -1.02. The molecule has 0 radical (unpaired) electrons. The lowest BCUT2D eigenvalue weighted by atomic mass is 10.3. The lowest BCUT2D eigenvalue weighted by Crippen LogP contribution is -2.49. The maximum absolute atomic E-state index is 12.4. The Balaban J connectivity index is 1.79. The first-order valence-corrected chi connectivity index (χ1v) is 8.36. The molecule has 1 fully saturated rings. The minimum absolute atomic E-state index is 0.0407. The predicted octanol–water partition coefficient (Wildman–Crippen LogP) is 0.439. The van der Waals surface area contributed by atoms with Crippen LogP contribution in [0.25, 0.3) is 0 Å². The average molecular weight is 312 g/mol. The second-order valence-electron chi connectivity index (χ2n) is 5.00. The molecule has 6 nitrogen and oxygen atoms in total. The van der Waals surface area contributed by atoms with Crippen molar-refractivity contribution in [3.63, 3.8) is 0 Å². The van der Waals surface area contributed by atoms with Gasteiger partial charge in [-0.1, -0.05) is 0 Å². The summed E-state index contributed by atoms with van der Waals surface area (Å²) in [5.41, 5.74) is 6.07. The van der Waals surface area contributed by atoms with Gasteiger partial charge < -0.3 is 15.4 Å². The number of hydrogen-bond donors (Lipinski definition) is 1. The van der Waals surface area contributed by atoms with E-state index in [0.29, 0.717) is 12.2 Å². The number of thiazole rings is 1. The maximum atomic E-state index is 12.4. The molecule has 0 aromatic carbocycles. The van der Waals surface area contributed by atoms with E-state index in [-0.39, 0.29) is 5.91 Å². The molecule has 0 spiro atoms. The summed E-state index contributed by atoms with van der Waals surface area (Å²) in [5.74, 6) is 0.0407. The van der Waals surface area contributed by atoms with Crippen LogP contribution in [0, 0.1) is 0 Å². The van der Waals surface area contributed by atoms with Crippen LogP contribution >= 0.6 is 11.3 Å². The fraction of sp³-hybridized carbons (Fsp3) is 0.714. The van der Waals surface area contributed by atoms with Crippen LogP contribution in [-0.2, 0) is 11.2 Å². The van der Waals surface area contributed by atoms with Gasteiger partial charge in [-0.15, -0.1) is 11.3 Å². The Kier molecular flexibility index (Phi) is 6.56. The average Bonchev–Trinajstić information content (AvgIpc) is 2.97. The Morgan fingerprint density at radius 3 is 2.86 bits per heavy atom. The molecule has 2 rings (SSSR count). The van der Waals surface area contributed by atoms with Crippen molar-refractivity contribution in [2.75, 3.05) is 52.5 Å². The summed E-state index contributed by atoms with van der Waals surface area (Å²) >= 11 is 1.52. The lowest BCUT2D eigenvalue weighted by molar-refractivity contribution is 0.0560. The van der Waals surface area contributed by atoms with Crippen LogP contribution in [0.4, 0.5) is 0 Å². The molecule has 1 aliphatic rings. The van der Waals surface area contributed by atoms with Crippen LogP contribution in [0.1, 0.15) is 22.4 Å². The second-order valence-corrected chi connectivity index (χ2v) is 5.94. The highest BCUT2D eigenvalue weighted by atomic mass is 32.1. The molecule has 1 aliphatic heterocycles. The number of hydrogen-bond acceptors (Lipinski definition) is 6. The van der Waals surface area contributed by atoms with Gasteiger partial charge in [-0.25, -0.2) is 4.98 Å². The van der Waals surface area contributed by atoms with Crippen LogP contribution in [0.3, 0.4) is 0 Å².